The molecule has 0 bridgehead atoms. The third-order valence-electron chi connectivity index (χ3n) is 4.61. The van der Waals surface area contributed by atoms with E-state index in [1.807, 2.05) is 11.8 Å². The Labute approximate surface area is 114 Å². The van der Waals surface area contributed by atoms with E-state index in [0.717, 1.165) is 19.4 Å². The van der Waals surface area contributed by atoms with E-state index in [1.54, 1.807) is 0 Å². The molecular formula is C14H24N2O3. The summed E-state index contributed by atoms with van der Waals surface area (Å²) in [6.45, 7) is 2.89. The number of hydrogen-bond donors (Lipinski definition) is 2. The normalized spacial score (nSPS) is 27.7. The summed E-state index contributed by atoms with van der Waals surface area (Å²) in [7, 11) is 0. The van der Waals surface area contributed by atoms with Gasteiger partial charge in [-0.2, -0.15) is 0 Å². The number of likely N-dealkylation sites (tertiary alicyclic amines) is 1. The van der Waals surface area contributed by atoms with Crippen molar-refractivity contribution in [3.63, 3.8) is 0 Å². The van der Waals surface area contributed by atoms with Gasteiger partial charge in [-0.3, -0.25) is 4.79 Å². The van der Waals surface area contributed by atoms with E-state index in [1.165, 1.54) is 19.3 Å². The first-order chi connectivity index (χ1) is 9.13. The summed E-state index contributed by atoms with van der Waals surface area (Å²) >= 11 is 0. The number of nitrogens with zero attached hydrogens (tertiary/aromatic N) is 1. The van der Waals surface area contributed by atoms with Gasteiger partial charge < -0.3 is 15.3 Å². The zero-order valence-electron chi connectivity index (χ0n) is 11.6. The fourth-order valence-electron chi connectivity index (χ4n) is 3.38. The Morgan fingerprint density at radius 3 is 2.74 bits per heavy atom. The van der Waals surface area contributed by atoms with Crippen molar-refractivity contribution in [1.82, 2.24) is 10.2 Å². The van der Waals surface area contributed by atoms with E-state index in [9.17, 15) is 9.59 Å². The lowest BCUT2D eigenvalue weighted by molar-refractivity contribution is -0.141. The molecule has 0 aromatic rings. The van der Waals surface area contributed by atoms with Gasteiger partial charge in [0.1, 0.15) is 0 Å². The SMILES string of the molecule is CCC(CNC(=O)N1CCC2CCCCC21)C(=O)O. The van der Waals surface area contributed by atoms with Crippen molar-refractivity contribution in [3.05, 3.63) is 0 Å². The second kappa shape index (κ2) is 6.26. The molecular weight excluding hydrogens is 244 g/mol. The molecule has 1 saturated carbocycles. The maximum Gasteiger partial charge on any atom is 0.317 e. The number of carboxylic acids is 1. The average molecular weight is 268 g/mol. The number of urea groups is 1. The molecule has 0 aromatic carbocycles. The molecule has 108 valence electrons. The molecule has 0 radical (unpaired) electrons. The average Bonchev–Trinajstić information content (AvgIpc) is 2.82. The highest BCUT2D eigenvalue weighted by molar-refractivity contribution is 5.76. The predicted molar refractivity (Wildman–Crippen MR) is 71.9 cm³/mol. The zero-order valence-corrected chi connectivity index (χ0v) is 11.6. The van der Waals surface area contributed by atoms with Crippen LogP contribution in [0.5, 0.6) is 0 Å². The molecule has 2 aliphatic rings. The van der Waals surface area contributed by atoms with Gasteiger partial charge in [0.15, 0.2) is 0 Å². The van der Waals surface area contributed by atoms with E-state index in [0.29, 0.717) is 18.4 Å². The van der Waals surface area contributed by atoms with Crippen molar-refractivity contribution in [1.29, 1.82) is 0 Å². The summed E-state index contributed by atoms with van der Waals surface area (Å²) in [5, 5.41) is 11.8. The van der Waals surface area contributed by atoms with Crippen molar-refractivity contribution in [2.24, 2.45) is 11.8 Å². The predicted octanol–water partition coefficient (Wildman–Crippen LogP) is 2.07. The molecule has 5 heteroatoms. The molecule has 1 heterocycles. The van der Waals surface area contributed by atoms with Crippen LogP contribution >= 0.6 is 0 Å². The second-order valence-corrected chi connectivity index (χ2v) is 5.72. The second-order valence-electron chi connectivity index (χ2n) is 5.72. The lowest BCUT2D eigenvalue weighted by atomic mass is 9.85. The molecule has 1 aliphatic carbocycles. The Bertz CT molecular complexity index is 346. The Morgan fingerprint density at radius 1 is 1.32 bits per heavy atom. The zero-order chi connectivity index (χ0) is 13.8. The van der Waals surface area contributed by atoms with Gasteiger partial charge in [-0.1, -0.05) is 19.8 Å². The molecule has 2 amide bonds. The minimum Gasteiger partial charge on any atom is -0.481 e. The van der Waals surface area contributed by atoms with Crippen LogP contribution in [0.1, 0.15) is 45.4 Å². The summed E-state index contributed by atoms with van der Waals surface area (Å²) in [6.07, 6.45) is 6.48. The third kappa shape index (κ3) is 3.19. The first kappa shape index (κ1) is 14.2. The summed E-state index contributed by atoms with van der Waals surface area (Å²) in [4.78, 5) is 25.0. The first-order valence-corrected chi connectivity index (χ1v) is 7.40. The van der Waals surface area contributed by atoms with Gasteiger partial charge in [-0.25, -0.2) is 4.79 Å². The van der Waals surface area contributed by atoms with E-state index in [2.05, 4.69) is 5.32 Å². The van der Waals surface area contributed by atoms with Gasteiger partial charge >= 0.3 is 12.0 Å². The van der Waals surface area contributed by atoms with Crippen molar-refractivity contribution < 1.29 is 14.7 Å². The Kier molecular flexibility index (Phi) is 4.66. The van der Waals surface area contributed by atoms with E-state index in [4.69, 9.17) is 5.11 Å². The molecule has 19 heavy (non-hydrogen) atoms. The van der Waals surface area contributed by atoms with Gasteiger partial charge in [0.05, 0.1) is 5.92 Å². The van der Waals surface area contributed by atoms with Crippen molar-refractivity contribution in [3.8, 4) is 0 Å². The maximum absolute atomic E-state index is 12.2. The lowest BCUT2D eigenvalue weighted by Gasteiger charge is -2.31. The monoisotopic (exact) mass is 268 g/mol. The number of amides is 2. The van der Waals surface area contributed by atoms with Crippen LogP contribution in [-0.2, 0) is 4.79 Å². The van der Waals surface area contributed by atoms with Crippen molar-refractivity contribution in [2.45, 2.75) is 51.5 Å². The maximum atomic E-state index is 12.2. The standard InChI is InChI=1S/C14H24N2O3/c1-2-10(13(17)18)9-15-14(19)16-8-7-11-5-3-4-6-12(11)16/h10-12H,2-9H2,1H3,(H,15,19)(H,17,18). The number of fused-ring (bicyclic) bond motifs is 1. The highest BCUT2D eigenvalue weighted by Gasteiger charge is 2.38. The number of hydrogen-bond acceptors (Lipinski definition) is 2. The van der Waals surface area contributed by atoms with Gasteiger partial charge in [0.2, 0.25) is 0 Å². The Balaban J connectivity index is 1.84. The van der Waals surface area contributed by atoms with Crippen LogP contribution in [-0.4, -0.2) is 41.1 Å². The number of nitrogens with one attached hydrogen (secondary N) is 1. The van der Waals surface area contributed by atoms with Crippen LogP contribution in [0.2, 0.25) is 0 Å². The summed E-state index contributed by atoms with van der Waals surface area (Å²) in [6, 6.07) is 0.313. The molecule has 2 rings (SSSR count). The highest BCUT2D eigenvalue weighted by atomic mass is 16.4. The minimum atomic E-state index is -0.834. The number of aliphatic carboxylic acids is 1. The Hall–Kier alpha value is -1.26. The molecule has 0 spiro atoms. The molecule has 1 aliphatic heterocycles. The van der Waals surface area contributed by atoms with E-state index >= 15 is 0 Å². The molecule has 1 saturated heterocycles. The van der Waals surface area contributed by atoms with Crippen molar-refractivity contribution in [2.75, 3.05) is 13.1 Å². The molecule has 2 N–H and O–H groups in total. The quantitative estimate of drug-likeness (QED) is 0.820. The number of rotatable bonds is 4. The highest BCUT2D eigenvalue weighted by Crippen LogP contribution is 2.35. The lowest BCUT2D eigenvalue weighted by Crippen LogP contribution is -2.46. The van der Waals surface area contributed by atoms with Crippen LogP contribution in [0, 0.1) is 11.8 Å². The van der Waals surface area contributed by atoms with E-state index < -0.39 is 11.9 Å². The third-order valence-corrected chi connectivity index (χ3v) is 4.61. The molecule has 2 fully saturated rings. The molecule has 3 unspecified atom stereocenters. The van der Waals surface area contributed by atoms with Crippen molar-refractivity contribution >= 4 is 12.0 Å². The van der Waals surface area contributed by atoms with E-state index in [-0.39, 0.29) is 12.6 Å². The number of carboxylic acid groups (broad SMARTS) is 1. The minimum absolute atomic E-state index is 0.0749. The summed E-state index contributed by atoms with van der Waals surface area (Å²) < 4.78 is 0. The number of carbonyl (C=O) groups excluding carboxylic acids is 1. The van der Waals surface area contributed by atoms with Crippen LogP contribution < -0.4 is 5.32 Å². The van der Waals surface area contributed by atoms with Gasteiger partial charge in [-0.05, 0) is 31.6 Å². The fraction of sp³-hybridized carbons (Fsp3) is 0.857. The van der Waals surface area contributed by atoms with Gasteiger partial charge in [0, 0.05) is 19.1 Å². The largest absolute Gasteiger partial charge is 0.481 e. The van der Waals surface area contributed by atoms with Gasteiger partial charge in [-0.15, -0.1) is 0 Å². The molecule has 0 aromatic heterocycles. The number of carbonyl (C=O) groups is 2. The fourth-order valence-corrected chi connectivity index (χ4v) is 3.38. The molecule has 3 atom stereocenters. The van der Waals surface area contributed by atoms with Crippen LogP contribution in [0.15, 0.2) is 0 Å². The molecule has 5 nitrogen and oxygen atoms in total. The van der Waals surface area contributed by atoms with Gasteiger partial charge in [0.25, 0.3) is 0 Å². The van der Waals surface area contributed by atoms with Crippen LogP contribution in [0.25, 0.3) is 0 Å². The van der Waals surface area contributed by atoms with Crippen LogP contribution in [0.4, 0.5) is 4.79 Å². The first-order valence-electron chi connectivity index (χ1n) is 7.40. The summed E-state index contributed by atoms with van der Waals surface area (Å²) in [5.41, 5.74) is 0. The Morgan fingerprint density at radius 2 is 2.05 bits per heavy atom. The summed E-state index contributed by atoms with van der Waals surface area (Å²) in [5.74, 6) is -0.644. The smallest absolute Gasteiger partial charge is 0.317 e. The van der Waals surface area contributed by atoms with Crippen LogP contribution in [0.3, 0.4) is 0 Å². The topological polar surface area (TPSA) is 69.6 Å².